The van der Waals surface area contributed by atoms with Crippen LogP contribution in [0.25, 0.3) is 11.0 Å². The Morgan fingerprint density at radius 2 is 2.20 bits per heavy atom. The van der Waals surface area contributed by atoms with Gasteiger partial charge in [-0.05, 0) is 18.2 Å². The van der Waals surface area contributed by atoms with E-state index in [1.54, 1.807) is 7.11 Å². The number of hydrogen-bond donors (Lipinski definition) is 1. The van der Waals surface area contributed by atoms with Crippen molar-refractivity contribution in [3.05, 3.63) is 29.0 Å². The number of aromatic nitrogens is 2. The smallest absolute Gasteiger partial charge is 0.123 e. The Morgan fingerprint density at radius 1 is 1.40 bits per heavy atom. The highest BCUT2D eigenvalue weighted by molar-refractivity contribution is 6.31. The largest absolute Gasteiger partial charge is 0.395 e. The van der Waals surface area contributed by atoms with Gasteiger partial charge in [0.05, 0.1) is 30.8 Å². The first kappa shape index (κ1) is 15.3. The first-order chi connectivity index (χ1) is 9.65. The zero-order valence-electron chi connectivity index (χ0n) is 11.8. The number of methoxy groups -OCH3 is 1. The number of nitrogens with zero attached hydrogens (tertiary/aromatic N) is 3. The van der Waals surface area contributed by atoms with Crippen LogP contribution in [0, 0.1) is 0 Å². The summed E-state index contributed by atoms with van der Waals surface area (Å²) >= 11 is 5.99. The third kappa shape index (κ3) is 3.49. The van der Waals surface area contributed by atoms with Gasteiger partial charge in [-0.3, -0.25) is 4.90 Å². The number of aliphatic hydroxyl groups is 1. The van der Waals surface area contributed by atoms with Gasteiger partial charge in [-0.15, -0.1) is 0 Å². The van der Waals surface area contributed by atoms with Gasteiger partial charge in [-0.2, -0.15) is 0 Å². The molecule has 5 nitrogen and oxygen atoms in total. The fourth-order valence-corrected chi connectivity index (χ4v) is 2.36. The second kappa shape index (κ2) is 7.04. The Hall–Kier alpha value is -1.14. The first-order valence-corrected chi connectivity index (χ1v) is 6.96. The van der Waals surface area contributed by atoms with Crippen molar-refractivity contribution in [1.29, 1.82) is 0 Å². The fourth-order valence-electron chi connectivity index (χ4n) is 2.20. The van der Waals surface area contributed by atoms with Gasteiger partial charge in [-0.1, -0.05) is 11.6 Å². The maximum Gasteiger partial charge on any atom is 0.123 e. The quantitative estimate of drug-likeness (QED) is 0.844. The number of hydrogen-bond acceptors (Lipinski definition) is 4. The molecule has 0 bridgehead atoms. The lowest BCUT2D eigenvalue weighted by molar-refractivity contribution is 0.124. The summed E-state index contributed by atoms with van der Waals surface area (Å²) in [6, 6.07) is 5.71. The molecule has 0 spiro atoms. The molecule has 1 N–H and O–H groups in total. The second-order valence-electron chi connectivity index (χ2n) is 4.71. The van der Waals surface area contributed by atoms with Gasteiger partial charge < -0.3 is 14.4 Å². The van der Waals surface area contributed by atoms with Crippen molar-refractivity contribution in [3.8, 4) is 0 Å². The minimum atomic E-state index is 0.124. The molecule has 0 saturated carbocycles. The lowest BCUT2D eigenvalue weighted by atomic mass is 10.3. The van der Waals surface area contributed by atoms with Crippen LogP contribution in [0.5, 0.6) is 0 Å². The lowest BCUT2D eigenvalue weighted by Crippen LogP contribution is -2.30. The molecule has 0 aliphatic carbocycles. The summed E-state index contributed by atoms with van der Waals surface area (Å²) in [6.07, 6.45) is 0. The van der Waals surface area contributed by atoms with E-state index in [-0.39, 0.29) is 6.61 Å². The summed E-state index contributed by atoms with van der Waals surface area (Å²) < 4.78 is 7.15. The minimum absolute atomic E-state index is 0.124. The number of imidazole rings is 1. The van der Waals surface area contributed by atoms with Gasteiger partial charge in [0.15, 0.2) is 0 Å². The summed E-state index contributed by atoms with van der Waals surface area (Å²) in [6.45, 7) is 2.80. The van der Waals surface area contributed by atoms with Crippen molar-refractivity contribution >= 4 is 22.6 Å². The van der Waals surface area contributed by atoms with Gasteiger partial charge in [-0.25, -0.2) is 4.98 Å². The Bertz CT molecular complexity index is 571. The van der Waals surface area contributed by atoms with Crippen LogP contribution in [0.1, 0.15) is 5.82 Å². The van der Waals surface area contributed by atoms with Crippen LogP contribution in [-0.2, 0) is 18.3 Å². The van der Waals surface area contributed by atoms with Crippen LogP contribution in [0.2, 0.25) is 5.02 Å². The number of rotatable bonds is 7. The van der Waals surface area contributed by atoms with Gasteiger partial charge in [0.1, 0.15) is 5.82 Å². The van der Waals surface area contributed by atoms with E-state index >= 15 is 0 Å². The van der Waals surface area contributed by atoms with E-state index in [9.17, 15) is 0 Å². The molecule has 0 unspecified atom stereocenters. The van der Waals surface area contributed by atoms with E-state index in [1.165, 1.54) is 0 Å². The van der Waals surface area contributed by atoms with Crippen LogP contribution in [-0.4, -0.2) is 53.0 Å². The van der Waals surface area contributed by atoms with Gasteiger partial charge in [0, 0.05) is 32.3 Å². The molecule has 110 valence electrons. The van der Waals surface area contributed by atoms with Gasteiger partial charge >= 0.3 is 0 Å². The molecule has 2 aromatic rings. The Kier molecular flexibility index (Phi) is 5.37. The highest BCUT2D eigenvalue weighted by Crippen LogP contribution is 2.20. The molecule has 2 rings (SSSR count). The average molecular weight is 298 g/mol. The van der Waals surface area contributed by atoms with Gasteiger partial charge in [0.2, 0.25) is 0 Å². The molecule has 0 saturated heterocycles. The molecule has 0 amide bonds. The SMILES string of the molecule is COCCN(CCO)Cc1nc2cc(Cl)ccc2n1C. The van der Waals surface area contributed by atoms with Crippen LogP contribution in [0.15, 0.2) is 18.2 Å². The zero-order valence-corrected chi connectivity index (χ0v) is 12.6. The van der Waals surface area contributed by atoms with Crippen LogP contribution in [0.3, 0.4) is 0 Å². The van der Waals surface area contributed by atoms with E-state index in [0.717, 1.165) is 23.4 Å². The molecule has 1 heterocycles. The molecule has 6 heteroatoms. The molecule has 0 atom stereocenters. The predicted molar refractivity (Wildman–Crippen MR) is 80.0 cm³/mol. The number of fused-ring (bicyclic) bond motifs is 1. The molecule has 1 aromatic carbocycles. The van der Waals surface area contributed by atoms with Gasteiger partial charge in [0.25, 0.3) is 0 Å². The van der Waals surface area contributed by atoms with Crippen molar-refractivity contribution in [2.45, 2.75) is 6.54 Å². The minimum Gasteiger partial charge on any atom is -0.395 e. The Balaban J connectivity index is 2.20. The second-order valence-corrected chi connectivity index (χ2v) is 5.15. The molecule has 0 radical (unpaired) electrons. The molecular formula is C14H20ClN3O2. The van der Waals surface area contributed by atoms with Crippen molar-refractivity contribution in [1.82, 2.24) is 14.5 Å². The van der Waals surface area contributed by atoms with E-state index in [4.69, 9.17) is 21.4 Å². The number of halogens is 1. The van der Waals surface area contributed by atoms with Crippen LogP contribution < -0.4 is 0 Å². The summed E-state index contributed by atoms with van der Waals surface area (Å²) in [5, 5.41) is 9.82. The highest BCUT2D eigenvalue weighted by atomic mass is 35.5. The topological polar surface area (TPSA) is 50.5 Å². The average Bonchev–Trinajstić information content (AvgIpc) is 2.72. The monoisotopic (exact) mass is 297 g/mol. The van der Waals surface area contributed by atoms with Crippen LogP contribution >= 0.6 is 11.6 Å². The highest BCUT2D eigenvalue weighted by Gasteiger charge is 2.12. The number of ether oxygens (including phenoxy) is 1. The van der Waals surface area contributed by atoms with E-state index in [1.807, 2.05) is 25.2 Å². The fraction of sp³-hybridized carbons (Fsp3) is 0.500. The molecular weight excluding hydrogens is 278 g/mol. The maximum absolute atomic E-state index is 9.13. The number of aryl methyl sites for hydroxylation is 1. The molecule has 1 aromatic heterocycles. The summed E-state index contributed by atoms with van der Waals surface area (Å²) in [5.41, 5.74) is 1.95. The van der Waals surface area contributed by atoms with Crippen LogP contribution in [0.4, 0.5) is 0 Å². The van der Waals surface area contributed by atoms with Crippen molar-refractivity contribution in [2.24, 2.45) is 7.05 Å². The molecule has 0 aliphatic rings. The molecule has 0 fully saturated rings. The Labute approximate surface area is 123 Å². The van der Waals surface area contributed by atoms with E-state index < -0.39 is 0 Å². The van der Waals surface area contributed by atoms with E-state index in [0.29, 0.717) is 24.7 Å². The van der Waals surface area contributed by atoms with E-state index in [2.05, 4.69) is 14.5 Å². The zero-order chi connectivity index (χ0) is 14.5. The van der Waals surface area contributed by atoms with Crippen molar-refractivity contribution in [2.75, 3.05) is 33.4 Å². The maximum atomic E-state index is 9.13. The van der Waals surface area contributed by atoms with Crippen molar-refractivity contribution in [3.63, 3.8) is 0 Å². The standard InChI is InChI=1S/C14H20ClN3O2/c1-17-13-4-3-11(15)9-12(13)16-14(17)10-18(5-7-19)6-8-20-2/h3-4,9,19H,5-8,10H2,1-2H3. The molecule has 0 aliphatic heterocycles. The number of aliphatic hydroxyl groups excluding tert-OH is 1. The third-order valence-electron chi connectivity index (χ3n) is 3.33. The summed E-state index contributed by atoms with van der Waals surface area (Å²) in [5.74, 6) is 0.951. The molecule has 20 heavy (non-hydrogen) atoms. The predicted octanol–water partition coefficient (Wildman–Crippen LogP) is 1.67. The summed E-state index contributed by atoms with van der Waals surface area (Å²) in [7, 11) is 3.67. The summed E-state index contributed by atoms with van der Waals surface area (Å²) in [4.78, 5) is 6.74. The number of benzene rings is 1. The lowest BCUT2D eigenvalue weighted by Gasteiger charge is -2.20. The van der Waals surface area contributed by atoms with Crippen molar-refractivity contribution < 1.29 is 9.84 Å². The normalized spacial score (nSPS) is 11.7. The first-order valence-electron chi connectivity index (χ1n) is 6.58. The Morgan fingerprint density at radius 3 is 2.90 bits per heavy atom. The third-order valence-corrected chi connectivity index (χ3v) is 3.56.